The average molecular weight is 192 g/mol. The van der Waals surface area contributed by atoms with Crippen LogP contribution in [0.5, 0.6) is 0 Å². The summed E-state index contributed by atoms with van der Waals surface area (Å²) < 4.78 is 48.8. The van der Waals surface area contributed by atoms with Crippen LogP contribution in [0.15, 0.2) is 18.2 Å². The third kappa shape index (κ3) is 2.72. The number of aryl methyl sites for hydroxylation is 1. The second-order valence-electron chi connectivity index (χ2n) is 2.64. The van der Waals surface area contributed by atoms with Gasteiger partial charge in [0.2, 0.25) is 6.43 Å². The molecule has 72 valence electrons. The largest absolute Gasteiger partial charge is 0.239 e. The molecule has 0 aromatic heterocycles. The third-order valence-electron chi connectivity index (χ3n) is 1.66. The highest BCUT2D eigenvalue weighted by Crippen LogP contribution is 2.14. The van der Waals surface area contributed by atoms with Gasteiger partial charge in [-0.05, 0) is 18.1 Å². The van der Waals surface area contributed by atoms with Crippen molar-refractivity contribution in [1.29, 1.82) is 0 Å². The normalized spacial score (nSPS) is 10.8. The Morgan fingerprint density at radius 1 is 1.15 bits per heavy atom. The van der Waals surface area contributed by atoms with Crippen molar-refractivity contribution in [2.75, 3.05) is 0 Å². The summed E-state index contributed by atoms with van der Waals surface area (Å²) in [6.07, 6.45) is -3.07. The van der Waals surface area contributed by atoms with Gasteiger partial charge in [-0.1, -0.05) is 12.1 Å². The minimum Gasteiger partial charge on any atom is -0.211 e. The monoisotopic (exact) mass is 192 g/mol. The molecule has 0 saturated carbocycles. The van der Waals surface area contributed by atoms with Crippen LogP contribution in [0.3, 0.4) is 0 Å². The highest BCUT2D eigenvalue weighted by molar-refractivity contribution is 5.18. The predicted octanol–water partition coefficient (Wildman–Crippen LogP) is 3.16. The van der Waals surface area contributed by atoms with Gasteiger partial charge >= 0.3 is 0 Å². The molecule has 0 fully saturated rings. The van der Waals surface area contributed by atoms with Gasteiger partial charge in [-0.3, -0.25) is 0 Å². The molecule has 0 amide bonds. The number of rotatable bonds is 3. The molecule has 0 bridgehead atoms. The summed E-state index contributed by atoms with van der Waals surface area (Å²) in [7, 11) is 0. The first-order chi connectivity index (χ1) is 6.11. The maximum Gasteiger partial charge on any atom is 0.239 e. The fourth-order valence-corrected chi connectivity index (χ4v) is 1.01. The molecular weight excluding hydrogens is 184 g/mol. The van der Waals surface area contributed by atoms with Gasteiger partial charge in [0.1, 0.15) is 0 Å². The second kappa shape index (κ2) is 4.25. The molecular formula is C9H8F4. The van der Waals surface area contributed by atoms with Gasteiger partial charge in [-0.2, -0.15) is 0 Å². The van der Waals surface area contributed by atoms with Gasteiger partial charge in [-0.25, -0.2) is 17.6 Å². The fourth-order valence-electron chi connectivity index (χ4n) is 1.01. The molecule has 0 unspecified atom stereocenters. The van der Waals surface area contributed by atoms with Crippen molar-refractivity contribution in [2.24, 2.45) is 0 Å². The van der Waals surface area contributed by atoms with E-state index in [2.05, 4.69) is 0 Å². The molecule has 4 heteroatoms. The summed E-state index contributed by atoms with van der Waals surface area (Å²) in [5.74, 6) is -2.02. The van der Waals surface area contributed by atoms with Crippen LogP contribution in [0.25, 0.3) is 0 Å². The topological polar surface area (TPSA) is 0 Å². The standard InChI is InChI=1S/C9H8F4/c10-7-3-1-2-6(9(7)13)4-5-8(11)12/h1-3,8H,4-5H2. The van der Waals surface area contributed by atoms with E-state index in [0.717, 1.165) is 6.07 Å². The lowest BCUT2D eigenvalue weighted by Gasteiger charge is -2.02. The first-order valence-electron chi connectivity index (χ1n) is 3.82. The maximum absolute atomic E-state index is 12.8. The van der Waals surface area contributed by atoms with Gasteiger partial charge < -0.3 is 0 Å². The highest BCUT2D eigenvalue weighted by Gasteiger charge is 2.09. The van der Waals surface area contributed by atoms with Crippen LogP contribution >= 0.6 is 0 Å². The summed E-state index contributed by atoms with van der Waals surface area (Å²) in [5.41, 5.74) is 0.000278. The van der Waals surface area contributed by atoms with E-state index in [-0.39, 0.29) is 12.0 Å². The van der Waals surface area contributed by atoms with Crippen molar-refractivity contribution in [3.63, 3.8) is 0 Å². The Kier molecular flexibility index (Phi) is 3.28. The summed E-state index contributed by atoms with van der Waals surface area (Å²) >= 11 is 0. The Labute approximate surface area is 73.2 Å². The molecule has 1 aromatic carbocycles. The molecule has 0 radical (unpaired) electrons. The average Bonchev–Trinajstić information content (AvgIpc) is 2.07. The number of benzene rings is 1. The second-order valence-corrected chi connectivity index (χ2v) is 2.64. The Morgan fingerprint density at radius 3 is 2.46 bits per heavy atom. The van der Waals surface area contributed by atoms with Crippen LogP contribution in [0.1, 0.15) is 12.0 Å². The van der Waals surface area contributed by atoms with E-state index in [1.54, 1.807) is 0 Å². The van der Waals surface area contributed by atoms with Gasteiger partial charge in [0.05, 0.1) is 0 Å². The minimum atomic E-state index is -2.48. The summed E-state index contributed by atoms with van der Waals surface area (Å²) in [6, 6.07) is 3.57. The number of halogens is 4. The zero-order valence-electron chi connectivity index (χ0n) is 6.74. The minimum absolute atomic E-state index is 0.000278. The Bertz CT molecular complexity index is 283. The quantitative estimate of drug-likeness (QED) is 0.645. The Balaban J connectivity index is 2.71. The maximum atomic E-state index is 12.8. The highest BCUT2D eigenvalue weighted by atomic mass is 19.3. The summed E-state index contributed by atoms with van der Waals surface area (Å²) in [6.45, 7) is 0. The molecule has 1 aromatic rings. The van der Waals surface area contributed by atoms with Crippen LogP contribution in [0.4, 0.5) is 17.6 Å². The van der Waals surface area contributed by atoms with E-state index in [4.69, 9.17) is 0 Å². The van der Waals surface area contributed by atoms with Crippen molar-refractivity contribution < 1.29 is 17.6 Å². The van der Waals surface area contributed by atoms with Crippen molar-refractivity contribution in [3.8, 4) is 0 Å². The molecule has 0 aliphatic rings. The van der Waals surface area contributed by atoms with Crippen LogP contribution in [0.2, 0.25) is 0 Å². The number of hydrogen-bond donors (Lipinski definition) is 0. The van der Waals surface area contributed by atoms with E-state index in [0.29, 0.717) is 0 Å². The van der Waals surface area contributed by atoms with Gasteiger partial charge in [-0.15, -0.1) is 0 Å². The van der Waals surface area contributed by atoms with E-state index >= 15 is 0 Å². The van der Waals surface area contributed by atoms with E-state index < -0.39 is 24.5 Å². The van der Waals surface area contributed by atoms with Crippen LogP contribution in [-0.4, -0.2) is 6.43 Å². The van der Waals surface area contributed by atoms with Gasteiger partial charge in [0, 0.05) is 6.42 Å². The number of hydrogen-bond acceptors (Lipinski definition) is 0. The van der Waals surface area contributed by atoms with Crippen molar-refractivity contribution in [3.05, 3.63) is 35.4 Å². The van der Waals surface area contributed by atoms with Gasteiger partial charge in [0.15, 0.2) is 11.6 Å². The van der Waals surface area contributed by atoms with Gasteiger partial charge in [0.25, 0.3) is 0 Å². The van der Waals surface area contributed by atoms with Crippen molar-refractivity contribution in [2.45, 2.75) is 19.3 Å². The molecule has 0 heterocycles. The lowest BCUT2D eigenvalue weighted by Crippen LogP contribution is -1.98. The molecule has 0 aliphatic carbocycles. The molecule has 0 aliphatic heterocycles. The first kappa shape index (κ1) is 10.0. The van der Waals surface area contributed by atoms with E-state index in [1.807, 2.05) is 0 Å². The van der Waals surface area contributed by atoms with E-state index in [9.17, 15) is 17.6 Å². The SMILES string of the molecule is Fc1cccc(CCC(F)F)c1F. The molecule has 1 rings (SSSR count). The third-order valence-corrected chi connectivity index (χ3v) is 1.66. The first-order valence-corrected chi connectivity index (χ1v) is 3.82. The number of alkyl halides is 2. The zero-order chi connectivity index (χ0) is 9.84. The zero-order valence-corrected chi connectivity index (χ0v) is 6.74. The smallest absolute Gasteiger partial charge is 0.211 e. The van der Waals surface area contributed by atoms with Crippen LogP contribution < -0.4 is 0 Å². The summed E-state index contributed by atoms with van der Waals surface area (Å²) in [4.78, 5) is 0. The summed E-state index contributed by atoms with van der Waals surface area (Å²) in [5, 5.41) is 0. The fraction of sp³-hybridized carbons (Fsp3) is 0.333. The lowest BCUT2D eigenvalue weighted by molar-refractivity contribution is 0.137. The lowest BCUT2D eigenvalue weighted by atomic mass is 10.1. The predicted molar refractivity (Wildman–Crippen MR) is 40.7 cm³/mol. The molecule has 0 spiro atoms. The van der Waals surface area contributed by atoms with Crippen molar-refractivity contribution in [1.82, 2.24) is 0 Å². The molecule has 13 heavy (non-hydrogen) atoms. The Hall–Kier alpha value is -1.06. The van der Waals surface area contributed by atoms with E-state index in [1.165, 1.54) is 12.1 Å². The molecule has 0 N–H and O–H groups in total. The van der Waals surface area contributed by atoms with Crippen LogP contribution in [0, 0.1) is 11.6 Å². The molecule has 0 nitrogen and oxygen atoms in total. The van der Waals surface area contributed by atoms with Crippen LogP contribution in [-0.2, 0) is 6.42 Å². The van der Waals surface area contributed by atoms with Crippen molar-refractivity contribution >= 4 is 0 Å². The molecule has 0 saturated heterocycles. The Morgan fingerprint density at radius 2 is 1.85 bits per heavy atom. The molecule has 0 atom stereocenters.